The zero-order chi connectivity index (χ0) is 28.5. The number of anilines is 1. The Kier molecular flexibility index (Phi) is 7.60. The van der Waals surface area contributed by atoms with Gasteiger partial charge in [0.25, 0.3) is 5.56 Å². The van der Waals surface area contributed by atoms with Gasteiger partial charge in [-0.3, -0.25) is 19.0 Å². The topological polar surface area (TPSA) is 81.1 Å². The number of nitrogens with zero attached hydrogens (tertiary/aromatic N) is 2. The average Bonchev–Trinajstić information content (AvgIpc) is 3.37. The maximum Gasteiger partial charge on any atom is 0.267 e. The summed E-state index contributed by atoms with van der Waals surface area (Å²) < 4.78 is 1.68. The number of hydrogen-bond donors (Lipinski definition) is 1. The monoisotopic (exact) mass is 579 g/mol. The van der Waals surface area contributed by atoms with Gasteiger partial charge in [0.05, 0.1) is 22.5 Å². The summed E-state index contributed by atoms with van der Waals surface area (Å²) in [5.74, 6) is -0.413. The summed E-state index contributed by atoms with van der Waals surface area (Å²) >= 11 is 2.83. The van der Waals surface area contributed by atoms with Crippen LogP contribution in [0.1, 0.15) is 50.3 Å². The van der Waals surface area contributed by atoms with E-state index < -0.39 is 0 Å². The van der Waals surface area contributed by atoms with Crippen molar-refractivity contribution in [2.45, 2.75) is 44.7 Å². The Hall–Kier alpha value is -4.01. The molecular weight excluding hydrogens is 551 g/mol. The number of carbonyl (C=O) groups is 2. The van der Waals surface area contributed by atoms with Crippen LogP contribution in [-0.4, -0.2) is 27.0 Å². The van der Waals surface area contributed by atoms with Crippen LogP contribution in [0.2, 0.25) is 0 Å². The molecule has 0 aliphatic heterocycles. The second kappa shape index (κ2) is 11.5. The molecule has 0 unspecified atom stereocenters. The first kappa shape index (κ1) is 27.2. The number of carbonyl (C=O) groups excluding carboxylic acids is 2. The largest absolute Gasteiger partial charge is 0.325 e. The number of thiophene rings is 1. The number of nitrogens with one attached hydrogen (secondary N) is 1. The number of ketones is 1. The lowest BCUT2D eigenvalue weighted by molar-refractivity contribution is -0.113. The van der Waals surface area contributed by atoms with Crippen LogP contribution in [0.3, 0.4) is 0 Å². The van der Waals surface area contributed by atoms with Crippen molar-refractivity contribution in [2.24, 2.45) is 0 Å². The molecule has 6 nitrogen and oxygen atoms in total. The summed E-state index contributed by atoms with van der Waals surface area (Å²) in [6, 6.07) is 22.0. The Morgan fingerprint density at radius 2 is 1.73 bits per heavy atom. The number of aryl methyl sites for hydroxylation is 4. The smallest absolute Gasteiger partial charge is 0.267 e. The van der Waals surface area contributed by atoms with Gasteiger partial charge in [-0.05, 0) is 74.4 Å². The van der Waals surface area contributed by atoms with E-state index in [0.29, 0.717) is 27.4 Å². The molecule has 1 N–H and O–H groups in total. The van der Waals surface area contributed by atoms with Crippen LogP contribution < -0.4 is 10.9 Å². The quantitative estimate of drug-likeness (QED) is 0.129. The molecule has 1 aliphatic rings. The van der Waals surface area contributed by atoms with E-state index >= 15 is 0 Å². The molecule has 3 aromatic carbocycles. The number of aromatic nitrogens is 2. The minimum absolute atomic E-state index is 0.0295. The summed E-state index contributed by atoms with van der Waals surface area (Å²) in [6.07, 6.45) is 4.08. The fourth-order valence-electron chi connectivity index (χ4n) is 5.31. The van der Waals surface area contributed by atoms with Gasteiger partial charge < -0.3 is 5.32 Å². The van der Waals surface area contributed by atoms with E-state index in [-0.39, 0.29) is 23.0 Å². The molecule has 2 heterocycles. The Labute approximate surface area is 246 Å². The van der Waals surface area contributed by atoms with Crippen molar-refractivity contribution in [1.29, 1.82) is 0 Å². The van der Waals surface area contributed by atoms with E-state index in [1.54, 1.807) is 52.3 Å². The van der Waals surface area contributed by atoms with Gasteiger partial charge in [0, 0.05) is 16.0 Å². The van der Waals surface area contributed by atoms with Crippen molar-refractivity contribution >= 4 is 50.7 Å². The number of hydrogen-bond acceptors (Lipinski definition) is 6. The minimum atomic E-state index is -0.282. The third-order valence-corrected chi connectivity index (χ3v) is 9.50. The van der Waals surface area contributed by atoms with Crippen LogP contribution in [0, 0.1) is 13.8 Å². The molecule has 0 atom stereocenters. The first-order chi connectivity index (χ1) is 19.9. The molecule has 0 saturated heterocycles. The molecule has 1 aliphatic carbocycles. The minimum Gasteiger partial charge on any atom is -0.325 e. The number of rotatable bonds is 7. The molecule has 0 spiro atoms. The predicted octanol–water partition coefficient (Wildman–Crippen LogP) is 6.90. The molecule has 1 amide bonds. The summed E-state index contributed by atoms with van der Waals surface area (Å²) in [7, 11) is 0. The summed E-state index contributed by atoms with van der Waals surface area (Å²) in [6.45, 7) is 3.98. The Balaban J connectivity index is 1.33. The number of amides is 1. The number of fused-ring (bicyclic) bond motifs is 3. The van der Waals surface area contributed by atoms with Crippen molar-refractivity contribution in [3.63, 3.8) is 0 Å². The highest BCUT2D eigenvalue weighted by Gasteiger charge is 2.24. The highest BCUT2D eigenvalue weighted by atomic mass is 32.2. The third kappa shape index (κ3) is 5.37. The van der Waals surface area contributed by atoms with Gasteiger partial charge >= 0.3 is 0 Å². The highest BCUT2D eigenvalue weighted by Crippen LogP contribution is 2.35. The van der Waals surface area contributed by atoms with Gasteiger partial charge in [0.1, 0.15) is 4.83 Å². The lowest BCUT2D eigenvalue weighted by Gasteiger charge is -2.16. The van der Waals surface area contributed by atoms with E-state index in [9.17, 15) is 14.4 Å². The van der Waals surface area contributed by atoms with E-state index in [2.05, 4.69) is 5.32 Å². The van der Waals surface area contributed by atoms with Gasteiger partial charge in [0.15, 0.2) is 10.9 Å². The molecular formula is C33H29N3O3S2. The molecule has 0 fully saturated rings. The van der Waals surface area contributed by atoms with Gasteiger partial charge in [-0.1, -0.05) is 66.4 Å². The van der Waals surface area contributed by atoms with Crippen LogP contribution in [0.25, 0.3) is 15.9 Å². The van der Waals surface area contributed by atoms with Crippen molar-refractivity contribution < 1.29 is 9.59 Å². The van der Waals surface area contributed by atoms with Gasteiger partial charge in [-0.25, -0.2) is 4.98 Å². The van der Waals surface area contributed by atoms with Crippen LogP contribution in [0.15, 0.2) is 82.7 Å². The van der Waals surface area contributed by atoms with Crippen molar-refractivity contribution in [1.82, 2.24) is 9.55 Å². The molecule has 0 saturated carbocycles. The summed E-state index contributed by atoms with van der Waals surface area (Å²) in [5.41, 5.74) is 5.27. The Morgan fingerprint density at radius 3 is 2.56 bits per heavy atom. The van der Waals surface area contributed by atoms with Crippen molar-refractivity contribution in [3.05, 3.63) is 116 Å². The molecule has 8 heteroatoms. The molecule has 6 rings (SSSR count). The zero-order valence-electron chi connectivity index (χ0n) is 22.9. The molecule has 206 valence electrons. The third-order valence-electron chi connectivity index (χ3n) is 7.38. The van der Waals surface area contributed by atoms with Gasteiger partial charge in [-0.15, -0.1) is 11.3 Å². The molecule has 0 radical (unpaired) electrons. The Morgan fingerprint density at radius 1 is 0.976 bits per heavy atom. The van der Waals surface area contributed by atoms with Crippen LogP contribution >= 0.6 is 23.1 Å². The summed E-state index contributed by atoms with van der Waals surface area (Å²) in [4.78, 5) is 47.4. The van der Waals surface area contributed by atoms with Crippen LogP contribution in [0.5, 0.6) is 0 Å². The van der Waals surface area contributed by atoms with E-state index in [0.717, 1.165) is 52.9 Å². The lowest BCUT2D eigenvalue weighted by atomic mass is 9.97. The maximum atomic E-state index is 14.1. The van der Waals surface area contributed by atoms with Crippen LogP contribution in [-0.2, 0) is 17.6 Å². The van der Waals surface area contributed by atoms with E-state index in [1.807, 2.05) is 50.2 Å². The number of benzene rings is 3. The summed E-state index contributed by atoms with van der Waals surface area (Å²) in [5, 5.41) is 4.11. The second-order valence-corrected chi connectivity index (χ2v) is 12.3. The van der Waals surface area contributed by atoms with Gasteiger partial charge in [-0.2, -0.15) is 0 Å². The SMILES string of the molecule is Cc1ccc(C)c(-n2c(SCC(=O)Nc3ccccc3C(=O)c3ccccc3)nc3sc4c(c3c2=O)CCCC4)c1. The lowest BCUT2D eigenvalue weighted by Crippen LogP contribution is -2.24. The molecule has 5 aromatic rings. The van der Waals surface area contributed by atoms with E-state index in [1.165, 1.54) is 16.6 Å². The first-order valence-corrected chi connectivity index (χ1v) is 15.5. The maximum absolute atomic E-state index is 14.1. The van der Waals surface area contributed by atoms with Crippen molar-refractivity contribution in [2.75, 3.05) is 11.1 Å². The number of para-hydroxylation sites is 1. The molecule has 0 bridgehead atoms. The van der Waals surface area contributed by atoms with Gasteiger partial charge in [0.2, 0.25) is 5.91 Å². The predicted molar refractivity (Wildman–Crippen MR) is 167 cm³/mol. The zero-order valence-corrected chi connectivity index (χ0v) is 24.5. The standard InChI is InChI=1S/C33H29N3O3S2/c1-20-16-17-21(2)26(18-20)36-32(39)29-24-13-7-9-15-27(24)41-31(29)35-33(36)40-19-28(37)34-25-14-8-6-12-23(25)30(38)22-10-4-3-5-11-22/h3-6,8,10-12,14,16-18H,7,9,13,15,19H2,1-2H3,(H,34,37). The second-order valence-electron chi connectivity index (χ2n) is 10.3. The molecule has 41 heavy (non-hydrogen) atoms. The average molecular weight is 580 g/mol. The first-order valence-electron chi connectivity index (χ1n) is 13.7. The molecule has 2 aromatic heterocycles. The Bertz CT molecular complexity index is 1860. The fourth-order valence-corrected chi connectivity index (χ4v) is 7.42. The van der Waals surface area contributed by atoms with Crippen molar-refractivity contribution in [3.8, 4) is 5.69 Å². The highest BCUT2D eigenvalue weighted by molar-refractivity contribution is 7.99. The number of thioether (sulfide) groups is 1. The fraction of sp³-hybridized carbons (Fsp3) is 0.212. The van der Waals surface area contributed by atoms with E-state index in [4.69, 9.17) is 4.98 Å². The van der Waals surface area contributed by atoms with Crippen LogP contribution in [0.4, 0.5) is 5.69 Å². The normalized spacial score (nSPS) is 12.7.